The number of nitrogens with zero attached hydrogens (tertiary/aromatic N) is 2. The van der Waals surface area contributed by atoms with Crippen molar-refractivity contribution >= 4 is 17.3 Å². The van der Waals surface area contributed by atoms with Crippen molar-refractivity contribution in [2.75, 3.05) is 18.9 Å². The van der Waals surface area contributed by atoms with Crippen molar-refractivity contribution < 1.29 is 4.74 Å². The fraction of sp³-hybridized carbons (Fsp3) is 0.727. The summed E-state index contributed by atoms with van der Waals surface area (Å²) in [6.07, 6.45) is 4.88. The van der Waals surface area contributed by atoms with E-state index in [1.807, 2.05) is 4.68 Å². The van der Waals surface area contributed by atoms with Crippen LogP contribution in [0.3, 0.4) is 0 Å². The third-order valence-electron chi connectivity index (χ3n) is 3.17. The minimum atomic E-state index is 0.332. The molecule has 16 heavy (non-hydrogen) atoms. The normalized spacial score (nSPS) is 25.9. The highest BCUT2D eigenvalue weighted by atomic mass is 35.5. The van der Waals surface area contributed by atoms with Crippen molar-refractivity contribution in [2.45, 2.75) is 32.2 Å². The van der Waals surface area contributed by atoms with Crippen LogP contribution in [0.2, 0.25) is 5.15 Å². The molecule has 2 heterocycles. The van der Waals surface area contributed by atoms with E-state index < -0.39 is 0 Å². The van der Waals surface area contributed by atoms with Gasteiger partial charge in [-0.15, -0.1) is 0 Å². The molecule has 1 aromatic rings. The largest absolute Gasteiger partial charge is 0.395 e. The van der Waals surface area contributed by atoms with Crippen molar-refractivity contribution in [3.05, 3.63) is 11.3 Å². The SMILES string of the molecule is CCCC1COCCC1n1ncc(N)c1Cl. The topological polar surface area (TPSA) is 53.1 Å². The first-order chi connectivity index (χ1) is 7.74. The highest BCUT2D eigenvalue weighted by molar-refractivity contribution is 6.32. The summed E-state index contributed by atoms with van der Waals surface area (Å²) < 4.78 is 7.38. The van der Waals surface area contributed by atoms with Crippen LogP contribution < -0.4 is 5.73 Å². The van der Waals surface area contributed by atoms with Crippen LogP contribution in [0.5, 0.6) is 0 Å². The van der Waals surface area contributed by atoms with E-state index in [0.717, 1.165) is 32.5 Å². The van der Waals surface area contributed by atoms with Gasteiger partial charge in [-0.05, 0) is 12.8 Å². The molecule has 2 atom stereocenters. The van der Waals surface area contributed by atoms with Crippen molar-refractivity contribution in [1.29, 1.82) is 0 Å². The van der Waals surface area contributed by atoms with Crippen molar-refractivity contribution in [3.63, 3.8) is 0 Å². The molecular weight excluding hydrogens is 226 g/mol. The third-order valence-corrected chi connectivity index (χ3v) is 3.56. The van der Waals surface area contributed by atoms with Gasteiger partial charge in [-0.3, -0.25) is 0 Å². The minimum absolute atomic E-state index is 0.332. The lowest BCUT2D eigenvalue weighted by Crippen LogP contribution is -2.30. The molecule has 1 saturated heterocycles. The van der Waals surface area contributed by atoms with Crippen LogP contribution >= 0.6 is 11.6 Å². The summed E-state index contributed by atoms with van der Waals surface area (Å²) in [5.41, 5.74) is 6.28. The van der Waals surface area contributed by atoms with Crippen LogP contribution in [0, 0.1) is 5.92 Å². The molecule has 2 rings (SSSR count). The summed E-state index contributed by atoms with van der Waals surface area (Å²) in [5, 5.41) is 4.84. The number of nitrogens with two attached hydrogens (primary N) is 1. The number of aromatic nitrogens is 2. The summed E-state index contributed by atoms with van der Waals surface area (Å²) in [7, 11) is 0. The third kappa shape index (κ3) is 2.18. The lowest BCUT2D eigenvalue weighted by Gasteiger charge is -2.32. The van der Waals surface area contributed by atoms with E-state index in [2.05, 4.69) is 12.0 Å². The van der Waals surface area contributed by atoms with Crippen LogP contribution in [-0.2, 0) is 4.74 Å². The summed E-state index contributed by atoms with van der Waals surface area (Å²) in [6, 6.07) is 0.332. The summed E-state index contributed by atoms with van der Waals surface area (Å²) >= 11 is 6.14. The maximum Gasteiger partial charge on any atom is 0.150 e. The Labute approximate surface area is 101 Å². The number of anilines is 1. The van der Waals surface area contributed by atoms with Gasteiger partial charge in [0.2, 0.25) is 0 Å². The van der Waals surface area contributed by atoms with Gasteiger partial charge in [0.1, 0.15) is 5.15 Å². The van der Waals surface area contributed by atoms with Crippen LogP contribution in [0.4, 0.5) is 5.69 Å². The van der Waals surface area contributed by atoms with Gasteiger partial charge >= 0.3 is 0 Å². The van der Waals surface area contributed by atoms with E-state index >= 15 is 0 Å². The highest BCUT2D eigenvalue weighted by Crippen LogP contribution is 2.33. The smallest absolute Gasteiger partial charge is 0.150 e. The van der Waals surface area contributed by atoms with Gasteiger partial charge in [0, 0.05) is 12.5 Å². The lowest BCUT2D eigenvalue weighted by atomic mass is 9.92. The Morgan fingerprint density at radius 3 is 3.12 bits per heavy atom. The summed E-state index contributed by atoms with van der Waals surface area (Å²) in [5.74, 6) is 0.496. The Morgan fingerprint density at radius 2 is 2.50 bits per heavy atom. The van der Waals surface area contributed by atoms with E-state index in [1.165, 1.54) is 0 Å². The highest BCUT2D eigenvalue weighted by Gasteiger charge is 2.28. The molecule has 90 valence electrons. The predicted molar refractivity (Wildman–Crippen MR) is 64.5 cm³/mol. The Morgan fingerprint density at radius 1 is 1.69 bits per heavy atom. The lowest BCUT2D eigenvalue weighted by molar-refractivity contribution is 0.0141. The Hall–Kier alpha value is -0.740. The van der Waals surface area contributed by atoms with Gasteiger partial charge in [0.25, 0.3) is 0 Å². The van der Waals surface area contributed by atoms with Gasteiger partial charge in [-0.1, -0.05) is 24.9 Å². The maximum atomic E-state index is 6.14. The number of nitrogen functional groups attached to an aromatic ring is 1. The van der Waals surface area contributed by atoms with Gasteiger partial charge < -0.3 is 10.5 Å². The molecule has 0 amide bonds. The molecule has 0 aliphatic carbocycles. The average molecular weight is 244 g/mol. The zero-order valence-electron chi connectivity index (χ0n) is 9.53. The van der Waals surface area contributed by atoms with Crippen molar-refractivity contribution in [1.82, 2.24) is 9.78 Å². The molecule has 5 heteroatoms. The zero-order chi connectivity index (χ0) is 11.5. The Kier molecular flexibility index (Phi) is 3.71. The second kappa shape index (κ2) is 5.06. The first-order valence-corrected chi connectivity index (χ1v) is 6.18. The molecule has 0 radical (unpaired) electrons. The average Bonchev–Trinajstić information content (AvgIpc) is 2.61. The van der Waals surface area contributed by atoms with Crippen LogP contribution in [0.25, 0.3) is 0 Å². The molecule has 0 spiro atoms. The van der Waals surface area contributed by atoms with Gasteiger partial charge in [0.05, 0.1) is 24.5 Å². The molecule has 0 bridgehead atoms. The van der Waals surface area contributed by atoms with Crippen LogP contribution in [0.15, 0.2) is 6.20 Å². The number of ether oxygens (including phenoxy) is 1. The molecule has 2 N–H and O–H groups in total. The second-order valence-corrected chi connectivity index (χ2v) is 4.67. The Balaban J connectivity index is 2.19. The zero-order valence-corrected chi connectivity index (χ0v) is 10.3. The van der Waals surface area contributed by atoms with Crippen molar-refractivity contribution in [3.8, 4) is 0 Å². The second-order valence-electron chi connectivity index (χ2n) is 4.31. The molecule has 0 saturated carbocycles. The predicted octanol–water partition coefficient (Wildman–Crippen LogP) is 2.50. The number of rotatable bonds is 3. The Bertz CT molecular complexity index is 351. The number of hydrogen-bond acceptors (Lipinski definition) is 3. The molecule has 1 aliphatic heterocycles. The number of hydrogen-bond donors (Lipinski definition) is 1. The van der Waals surface area contributed by atoms with E-state index in [4.69, 9.17) is 22.1 Å². The van der Waals surface area contributed by atoms with E-state index in [9.17, 15) is 0 Å². The first kappa shape index (κ1) is 11.7. The molecule has 1 aromatic heterocycles. The molecule has 1 aliphatic rings. The fourth-order valence-electron chi connectivity index (χ4n) is 2.35. The van der Waals surface area contributed by atoms with Crippen LogP contribution in [-0.4, -0.2) is 23.0 Å². The van der Waals surface area contributed by atoms with Gasteiger partial charge in [-0.2, -0.15) is 5.10 Å². The monoisotopic (exact) mass is 243 g/mol. The molecule has 2 unspecified atom stereocenters. The summed E-state index contributed by atoms with van der Waals surface area (Å²) in [4.78, 5) is 0. The van der Waals surface area contributed by atoms with Crippen molar-refractivity contribution in [2.24, 2.45) is 5.92 Å². The van der Waals surface area contributed by atoms with Gasteiger partial charge in [0.15, 0.2) is 0 Å². The van der Waals surface area contributed by atoms with E-state index in [0.29, 0.717) is 22.8 Å². The summed E-state index contributed by atoms with van der Waals surface area (Å²) in [6.45, 7) is 3.76. The molecule has 4 nitrogen and oxygen atoms in total. The minimum Gasteiger partial charge on any atom is -0.395 e. The fourth-order valence-corrected chi connectivity index (χ4v) is 2.56. The van der Waals surface area contributed by atoms with Gasteiger partial charge in [-0.25, -0.2) is 4.68 Å². The maximum absolute atomic E-state index is 6.14. The van der Waals surface area contributed by atoms with Crippen LogP contribution in [0.1, 0.15) is 32.2 Å². The molecular formula is C11H18ClN3O. The number of halogens is 1. The molecule has 0 aromatic carbocycles. The first-order valence-electron chi connectivity index (χ1n) is 5.80. The van der Waals surface area contributed by atoms with E-state index in [-0.39, 0.29) is 0 Å². The quantitative estimate of drug-likeness (QED) is 0.888. The molecule has 1 fully saturated rings. The standard InChI is InChI=1S/C11H18ClN3O/c1-2-3-8-7-16-5-4-10(8)15-11(12)9(13)6-14-15/h6,8,10H,2-5,7,13H2,1H3. The van der Waals surface area contributed by atoms with E-state index in [1.54, 1.807) is 6.20 Å².